The predicted octanol–water partition coefficient (Wildman–Crippen LogP) is 1.70. The quantitative estimate of drug-likeness (QED) is 0.696. The number of nitrogens with zero attached hydrogens (tertiary/aromatic N) is 3. The molecule has 0 saturated heterocycles. The number of aromatic nitrogens is 2. The summed E-state index contributed by atoms with van der Waals surface area (Å²) in [6.45, 7) is 3.37. The Morgan fingerprint density at radius 3 is 2.55 bits per heavy atom. The van der Waals surface area contributed by atoms with Crippen molar-refractivity contribution in [1.29, 1.82) is 0 Å². The molecule has 0 aromatic carbocycles. The van der Waals surface area contributed by atoms with Crippen molar-refractivity contribution < 1.29 is 9.90 Å². The molecule has 2 atom stereocenters. The Morgan fingerprint density at radius 2 is 1.93 bits per heavy atom. The predicted molar refractivity (Wildman–Crippen MR) is 110 cm³/mol. The number of nitrogens with two attached hydrogens (primary N) is 1. The minimum Gasteiger partial charge on any atom is -0.391 e. The highest BCUT2D eigenvalue weighted by atomic mass is 16.3. The molecule has 4 N–H and O–H groups in total. The van der Waals surface area contributed by atoms with Crippen molar-refractivity contribution in [3.05, 3.63) is 17.6 Å². The van der Waals surface area contributed by atoms with E-state index in [2.05, 4.69) is 15.3 Å². The van der Waals surface area contributed by atoms with Crippen LogP contribution in [-0.2, 0) is 17.8 Å². The summed E-state index contributed by atoms with van der Waals surface area (Å²) >= 11 is 0. The third-order valence-electron chi connectivity index (χ3n) is 7.96. The number of fused-ring (bicyclic) bond motifs is 1. The number of nitrogens with one attached hydrogen (secondary N) is 1. The van der Waals surface area contributed by atoms with Crippen LogP contribution < -0.4 is 11.1 Å². The minimum atomic E-state index is -0.494. The van der Waals surface area contributed by atoms with E-state index < -0.39 is 6.04 Å². The lowest BCUT2D eigenvalue weighted by atomic mass is 9.48. The van der Waals surface area contributed by atoms with Gasteiger partial charge >= 0.3 is 0 Å². The van der Waals surface area contributed by atoms with Crippen LogP contribution in [0.3, 0.4) is 0 Å². The molecule has 6 rings (SSSR count). The van der Waals surface area contributed by atoms with Gasteiger partial charge in [0.2, 0.25) is 5.91 Å². The van der Waals surface area contributed by atoms with Gasteiger partial charge in [-0.2, -0.15) is 0 Å². The van der Waals surface area contributed by atoms with Crippen LogP contribution in [0.4, 0.5) is 5.82 Å². The molecule has 29 heavy (non-hydrogen) atoms. The van der Waals surface area contributed by atoms with Gasteiger partial charge in [-0.25, -0.2) is 9.97 Å². The van der Waals surface area contributed by atoms with E-state index in [0.717, 1.165) is 34.8 Å². The van der Waals surface area contributed by atoms with Gasteiger partial charge in [-0.3, -0.25) is 4.79 Å². The zero-order chi connectivity index (χ0) is 20.2. The normalized spacial score (nSPS) is 34.6. The third-order valence-corrected chi connectivity index (χ3v) is 7.96. The number of hydrogen-bond donors (Lipinski definition) is 3. The van der Waals surface area contributed by atoms with Crippen LogP contribution in [0.15, 0.2) is 6.33 Å². The summed E-state index contributed by atoms with van der Waals surface area (Å²) in [4.78, 5) is 22.9. The molecular formula is C22H33N5O2. The van der Waals surface area contributed by atoms with Gasteiger partial charge in [0, 0.05) is 18.7 Å². The van der Waals surface area contributed by atoms with Crippen molar-refractivity contribution in [1.82, 2.24) is 14.9 Å². The second-order valence-electron chi connectivity index (χ2n) is 10.1. The maximum Gasteiger partial charge on any atom is 0.239 e. The Labute approximate surface area is 172 Å². The second kappa shape index (κ2) is 7.20. The van der Waals surface area contributed by atoms with Gasteiger partial charge in [-0.15, -0.1) is 0 Å². The van der Waals surface area contributed by atoms with Gasteiger partial charge in [0.1, 0.15) is 12.1 Å². The van der Waals surface area contributed by atoms with Gasteiger partial charge in [0.15, 0.2) is 0 Å². The highest BCUT2D eigenvalue weighted by Crippen LogP contribution is 2.61. The zero-order valence-corrected chi connectivity index (χ0v) is 17.3. The molecule has 5 aliphatic rings. The molecule has 0 radical (unpaired) electrons. The third kappa shape index (κ3) is 3.42. The summed E-state index contributed by atoms with van der Waals surface area (Å²) in [6.07, 6.45) is 9.66. The van der Waals surface area contributed by atoms with Crippen LogP contribution in [0.1, 0.15) is 56.7 Å². The second-order valence-corrected chi connectivity index (χ2v) is 10.1. The van der Waals surface area contributed by atoms with Gasteiger partial charge in [0.25, 0.3) is 0 Å². The molecule has 4 fully saturated rings. The number of anilines is 1. The molecule has 1 aliphatic heterocycles. The number of aliphatic hydroxyl groups is 1. The molecule has 7 nitrogen and oxygen atoms in total. The summed E-state index contributed by atoms with van der Waals surface area (Å²) in [5, 5.41) is 14.6. The van der Waals surface area contributed by atoms with E-state index in [9.17, 15) is 9.90 Å². The monoisotopic (exact) mass is 399 g/mol. The maximum atomic E-state index is 12.2. The van der Waals surface area contributed by atoms with Crippen LogP contribution in [0.25, 0.3) is 0 Å². The molecule has 4 saturated carbocycles. The highest BCUT2D eigenvalue weighted by molar-refractivity contribution is 5.81. The lowest BCUT2D eigenvalue weighted by Gasteiger charge is -2.58. The smallest absolute Gasteiger partial charge is 0.239 e. The van der Waals surface area contributed by atoms with Crippen LogP contribution in [0, 0.1) is 23.2 Å². The first-order valence-corrected chi connectivity index (χ1v) is 11.2. The molecule has 2 heterocycles. The van der Waals surface area contributed by atoms with Crippen LogP contribution in [0.2, 0.25) is 0 Å². The Hall–Kier alpha value is -1.73. The van der Waals surface area contributed by atoms with E-state index in [-0.39, 0.29) is 17.4 Å². The summed E-state index contributed by atoms with van der Waals surface area (Å²) in [7, 11) is 0. The average molecular weight is 400 g/mol. The van der Waals surface area contributed by atoms with Crippen LogP contribution in [0.5, 0.6) is 0 Å². The fourth-order valence-corrected chi connectivity index (χ4v) is 6.98. The van der Waals surface area contributed by atoms with Crippen LogP contribution >= 0.6 is 0 Å². The van der Waals surface area contributed by atoms with Crippen molar-refractivity contribution in [3.63, 3.8) is 0 Å². The topological polar surface area (TPSA) is 104 Å². The molecule has 4 bridgehead atoms. The van der Waals surface area contributed by atoms with Crippen LogP contribution in [-0.4, -0.2) is 51.1 Å². The van der Waals surface area contributed by atoms with E-state index in [1.165, 1.54) is 38.5 Å². The van der Waals surface area contributed by atoms with Crippen molar-refractivity contribution in [2.24, 2.45) is 28.9 Å². The van der Waals surface area contributed by atoms with Crippen molar-refractivity contribution in [3.8, 4) is 0 Å². The van der Waals surface area contributed by atoms with Crippen molar-refractivity contribution in [2.75, 3.05) is 18.4 Å². The van der Waals surface area contributed by atoms with Crippen molar-refractivity contribution in [2.45, 2.75) is 70.6 Å². The lowest BCUT2D eigenvalue weighted by Crippen LogP contribution is -2.53. The van der Waals surface area contributed by atoms with E-state index in [1.807, 2.05) is 0 Å². The number of hydrogen-bond acceptors (Lipinski definition) is 6. The first-order valence-electron chi connectivity index (χ1n) is 11.2. The Kier molecular flexibility index (Phi) is 4.78. The van der Waals surface area contributed by atoms with E-state index in [0.29, 0.717) is 26.1 Å². The summed E-state index contributed by atoms with van der Waals surface area (Å²) in [6, 6.07) is -0.494. The molecule has 1 amide bonds. The maximum absolute atomic E-state index is 12.2. The van der Waals surface area contributed by atoms with Crippen molar-refractivity contribution >= 4 is 11.7 Å². The van der Waals surface area contributed by atoms with Gasteiger partial charge in [-0.1, -0.05) is 0 Å². The standard InChI is InChI=1S/C22H33N5O2/c1-13(23)21(29)27-3-2-17-18(11-27)25-12-26-20(17)24-10-19(28)22-7-14-4-15(8-22)6-16(5-14)9-22/h12-16,19,28H,2-11,23H2,1H3,(H,24,25,26)/t13-,14?,15?,16?,19?,22?/m1/s1. The largest absolute Gasteiger partial charge is 0.391 e. The number of amides is 1. The number of carbonyl (C=O) groups is 1. The summed E-state index contributed by atoms with van der Waals surface area (Å²) in [5.41, 5.74) is 7.81. The fraction of sp³-hybridized carbons (Fsp3) is 0.773. The Bertz CT molecular complexity index is 760. The zero-order valence-electron chi connectivity index (χ0n) is 17.3. The molecule has 4 aliphatic carbocycles. The van der Waals surface area contributed by atoms with E-state index >= 15 is 0 Å². The molecule has 1 unspecified atom stereocenters. The van der Waals surface area contributed by atoms with Gasteiger partial charge < -0.3 is 21.1 Å². The van der Waals surface area contributed by atoms with Gasteiger partial charge in [0.05, 0.1) is 24.4 Å². The highest BCUT2D eigenvalue weighted by Gasteiger charge is 2.53. The Morgan fingerprint density at radius 1 is 1.28 bits per heavy atom. The summed E-state index contributed by atoms with van der Waals surface area (Å²) < 4.78 is 0. The average Bonchev–Trinajstić information content (AvgIpc) is 2.69. The number of carbonyl (C=O) groups excluding carboxylic acids is 1. The lowest BCUT2D eigenvalue weighted by molar-refractivity contribution is -0.133. The summed E-state index contributed by atoms with van der Waals surface area (Å²) in [5.74, 6) is 3.26. The number of rotatable bonds is 5. The van der Waals surface area contributed by atoms with Gasteiger partial charge in [-0.05, 0) is 75.0 Å². The SMILES string of the molecule is C[C@@H](N)C(=O)N1CCc2c(ncnc2NCC(O)C23CC4CC(CC(C4)C2)C3)C1. The fourth-order valence-electron chi connectivity index (χ4n) is 6.98. The molecule has 1 aromatic heterocycles. The first kappa shape index (κ1) is 19.2. The molecule has 1 aromatic rings. The van der Waals surface area contributed by atoms with E-state index in [1.54, 1.807) is 18.2 Å². The first-order chi connectivity index (χ1) is 13.9. The molecule has 7 heteroatoms. The molecular weight excluding hydrogens is 366 g/mol. The minimum absolute atomic E-state index is 0.0407. The Balaban J connectivity index is 1.27. The van der Waals surface area contributed by atoms with E-state index in [4.69, 9.17) is 5.73 Å². The molecule has 158 valence electrons. The molecule has 0 spiro atoms. The number of aliphatic hydroxyl groups excluding tert-OH is 1.